The standard InChI is InChI=1S/C17H20N4O3/c22-15(23)8-3-12-2-1-9-21(10-12)17(24)14-6-4-13(5-7-14)16-18-11-19-20-16/h4-7,11-12H,1-3,8-10H2,(H,22,23)(H,18,19,20). The van der Waals surface area contributed by atoms with Crippen molar-refractivity contribution in [3.63, 3.8) is 0 Å². The van der Waals surface area contributed by atoms with Crippen LogP contribution in [0.15, 0.2) is 30.6 Å². The predicted octanol–water partition coefficient (Wildman–Crippen LogP) is 2.19. The van der Waals surface area contributed by atoms with Crippen molar-refractivity contribution in [2.75, 3.05) is 13.1 Å². The maximum atomic E-state index is 12.7. The van der Waals surface area contributed by atoms with Crippen molar-refractivity contribution >= 4 is 11.9 Å². The smallest absolute Gasteiger partial charge is 0.303 e. The Bertz CT molecular complexity index is 697. The van der Waals surface area contributed by atoms with Gasteiger partial charge in [0.2, 0.25) is 0 Å². The number of amides is 1. The van der Waals surface area contributed by atoms with Crippen molar-refractivity contribution in [2.45, 2.75) is 25.7 Å². The first-order valence-electron chi connectivity index (χ1n) is 8.10. The highest BCUT2D eigenvalue weighted by molar-refractivity contribution is 5.94. The number of hydrogen-bond acceptors (Lipinski definition) is 4. The topological polar surface area (TPSA) is 99.2 Å². The average Bonchev–Trinajstić information content (AvgIpc) is 3.14. The highest BCUT2D eigenvalue weighted by Crippen LogP contribution is 2.23. The summed E-state index contributed by atoms with van der Waals surface area (Å²) in [5, 5.41) is 15.4. The molecule has 1 aromatic heterocycles. The van der Waals surface area contributed by atoms with Gasteiger partial charge in [0.15, 0.2) is 5.82 Å². The molecule has 0 spiro atoms. The maximum absolute atomic E-state index is 12.7. The van der Waals surface area contributed by atoms with Gasteiger partial charge in [-0.25, -0.2) is 4.98 Å². The molecule has 0 radical (unpaired) electrons. The van der Waals surface area contributed by atoms with E-state index in [0.717, 1.165) is 24.9 Å². The van der Waals surface area contributed by atoms with Crippen LogP contribution >= 0.6 is 0 Å². The van der Waals surface area contributed by atoms with Crippen LogP contribution in [0.5, 0.6) is 0 Å². The molecule has 0 bridgehead atoms. The van der Waals surface area contributed by atoms with Gasteiger partial charge in [-0.2, -0.15) is 5.10 Å². The Morgan fingerprint density at radius 3 is 2.75 bits per heavy atom. The van der Waals surface area contributed by atoms with Crippen molar-refractivity contribution in [3.05, 3.63) is 36.2 Å². The van der Waals surface area contributed by atoms with Gasteiger partial charge in [0.25, 0.3) is 5.91 Å². The number of hydrogen-bond donors (Lipinski definition) is 2. The molecule has 1 amide bonds. The van der Waals surface area contributed by atoms with Crippen molar-refractivity contribution < 1.29 is 14.7 Å². The summed E-state index contributed by atoms with van der Waals surface area (Å²) >= 11 is 0. The summed E-state index contributed by atoms with van der Waals surface area (Å²) in [5.41, 5.74) is 1.51. The molecule has 1 atom stereocenters. The summed E-state index contributed by atoms with van der Waals surface area (Å²) in [4.78, 5) is 29.3. The van der Waals surface area contributed by atoms with E-state index in [2.05, 4.69) is 15.2 Å². The largest absolute Gasteiger partial charge is 0.481 e. The van der Waals surface area contributed by atoms with Crippen LogP contribution in [0.2, 0.25) is 0 Å². The van der Waals surface area contributed by atoms with Gasteiger partial charge in [-0.15, -0.1) is 0 Å². The fourth-order valence-corrected chi connectivity index (χ4v) is 3.11. The second-order valence-corrected chi connectivity index (χ2v) is 6.10. The third-order valence-corrected chi connectivity index (χ3v) is 4.39. The van der Waals surface area contributed by atoms with Crippen molar-refractivity contribution in [1.82, 2.24) is 20.1 Å². The highest BCUT2D eigenvalue weighted by Gasteiger charge is 2.24. The molecule has 1 aliphatic rings. The van der Waals surface area contributed by atoms with Gasteiger partial charge < -0.3 is 10.0 Å². The number of carbonyl (C=O) groups excluding carboxylic acids is 1. The molecule has 1 aliphatic heterocycles. The van der Waals surface area contributed by atoms with E-state index in [1.807, 2.05) is 17.0 Å². The Morgan fingerprint density at radius 1 is 1.29 bits per heavy atom. The van der Waals surface area contributed by atoms with Crippen molar-refractivity contribution in [3.8, 4) is 11.4 Å². The second-order valence-electron chi connectivity index (χ2n) is 6.10. The fraction of sp³-hybridized carbons (Fsp3) is 0.412. The SMILES string of the molecule is O=C(O)CCC1CCCN(C(=O)c2ccc(-c3ncn[nH]3)cc2)C1. The fourth-order valence-electron chi connectivity index (χ4n) is 3.11. The molecule has 7 nitrogen and oxygen atoms in total. The lowest BCUT2D eigenvalue weighted by atomic mass is 9.93. The molecule has 1 fully saturated rings. The number of rotatable bonds is 5. The quantitative estimate of drug-likeness (QED) is 0.876. The van der Waals surface area contributed by atoms with Gasteiger partial charge in [-0.1, -0.05) is 12.1 Å². The number of H-pyrrole nitrogens is 1. The van der Waals surface area contributed by atoms with Crippen molar-refractivity contribution in [2.24, 2.45) is 5.92 Å². The zero-order valence-corrected chi connectivity index (χ0v) is 13.3. The third-order valence-electron chi connectivity index (χ3n) is 4.39. The zero-order chi connectivity index (χ0) is 16.9. The Hall–Kier alpha value is -2.70. The molecule has 7 heteroatoms. The lowest BCUT2D eigenvalue weighted by molar-refractivity contribution is -0.137. The van der Waals surface area contributed by atoms with E-state index in [9.17, 15) is 9.59 Å². The molecule has 1 saturated heterocycles. The molecule has 1 unspecified atom stereocenters. The Labute approximate surface area is 139 Å². The number of aromatic amines is 1. The number of likely N-dealkylation sites (tertiary alicyclic amines) is 1. The monoisotopic (exact) mass is 328 g/mol. The number of carboxylic acid groups (broad SMARTS) is 1. The summed E-state index contributed by atoms with van der Waals surface area (Å²) in [5.74, 6) is 0.161. The minimum absolute atomic E-state index is 0.000792. The van der Waals surface area contributed by atoms with Crippen molar-refractivity contribution in [1.29, 1.82) is 0 Å². The molecule has 126 valence electrons. The summed E-state index contributed by atoms with van der Waals surface area (Å²) in [7, 11) is 0. The number of benzene rings is 1. The van der Waals surface area contributed by atoms with Crippen LogP contribution in [0.1, 0.15) is 36.0 Å². The summed E-state index contributed by atoms with van der Waals surface area (Å²) < 4.78 is 0. The van der Waals surface area contributed by atoms with Crippen LogP contribution in [0.3, 0.4) is 0 Å². The van der Waals surface area contributed by atoms with E-state index in [1.165, 1.54) is 6.33 Å². The van der Waals surface area contributed by atoms with E-state index < -0.39 is 5.97 Å². The molecule has 2 heterocycles. The van der Waals surface area contributed by atoms with E-state index in [-0.39, 0.29) is 18.2 Å². The van der Waals surface area contributed by atoms with Gasteiger partial charge in [0, 0.05) is 30.6 Å². The van der Waals surface area contributed by atoms with E-state index in [0.29, 0.717) is 24.4 Å². The molecule has 0 aliphatic carbocycles. The number of aromatic nitrogens is 3. The van der Waals surface area contributed by atoms with Gasteiger partial charge in [-0.3, -0.25) is 14.7 Å². The van der Waals surface area contributed by atoms with E-state index in [4.69, 9.17) is 5.11 Å². The molecular formula is C17H20N4O3. The number of aliphatic carboxylic acids is 1. The van der Waals surface area contributed by atoms with E-state index >= 15 is 0 Å². The minimum atomic E-state index is -0.776. The first-order valence-corrected chi connectivity index (χ1v) is 8.10. The third kappa shape index (κ3) is 3.79. The number of nitrogens with zero attached hydrogens (tertiary/aromatic N) is 3. The first-order chi connectivity index (χ1) is 11.6. The van der Waals surface area contributed by atoms with Crippen LogP contribution in [0.25, 0.3) is 11.4 Å². The predicted molar refractivity (Wildman–Crippen MR) is 87.3 cm³/mol. The molecule has 1 aromatic carbocycles. The maximum Gasteiger partial charge on any atom is 0.303 e. The Balaban J connectivity index is 1.64. The lowest BCUT2D eigenvalue weighted by Crippen LogP contribution is -2.40. The Morgan fingerprint density at radius 2 is 2.08 bits per heavy atom. The van der Waals surface area contributed by atoms with Gasteiger partial charge in [0.1, 0.15) is 6.33 Å². The van der Waals surface area contributed by atoms with Gasteiger partial charge in [-0.05, 0) is 37.3 Å². The van der Waals surface area contributed by atoms with Gasteiger partial charge >= 0.3 is 5.97 Å². The van der Waals surface area contributed by atoms with Crippen LogP contribution in [-0.2, 0) is 4.79 Å². The zero-order valence-electron chi connectivity index (χ0n) is 13.3. The van der Waals surface area contributed by atoms with Gasteiger partial charge in [0.05, 0.1) is 0 Å². The first kappa shape index (κ1) is 16.2. The van der Waals surface area contributed by atoms with Crippen LogP contribution in [-0.4, -0.2) is 50.2 Å². The Kier molecular flexibility index (Phi) is 4.88. The molecule has 2 aromatic rings. The van der Waals surface area contributed by atoms with Crippen LogP contribution < -0.4 is 0 Å². The normalized spacial score (nSPS) is 17.7. The average molecular weight is 328 g/mol. The summed E-state index contributed by atoms with van der Waals surface area (Å²) in [6, 6.07) is 7.28. The number of carboxylic acids is 1. The summed E-state index contributed by atoms with van der Waals surface area (Å²) in [6.45, 7) is 1.36. The molecule has 2 N–H and O–H groups in total. The minimum Gasteiger partial charge on any atom is -0.481 e. The molecular weight excluding hydrogens is 308 g/mol. The van der Waals surface area contributed by atoms with Crippen LogP contribution in [0, 0.1) is 5.92 Å². The highest BCUT2D eigenvalue weighted by atomic mass is 16.4. The van der Waals surface area contributed by atoms with E-state index in [1.54, 1.807) is 12.1 Å². The molecule has 0 saturated carbocycles. The number of nitrogens with one attached hydrogen (secondary N) is 1. The molecule has 24 heavy (non-hydrogen) atoms. The lowest BCUT2D eigenvalue weighted by Gasteiger charge is -2.32. The number of carbonyl (C=O) groups is 2. The second kappa shape index (κ2) is 7.25. The number of piperidine rings is 1. The molecule has 3 rings (SSSR count). The van der Waals surface area contributed by atoms with Crippen LogP contribution in [0.4, 0.5) is 0 Å². The summed E-state index contributed by atoms with van der Waals surface area (Å²) in [6.07, 6.45) is 4.15.